The van der Waals surface area contributed by atoms with Crippen molar-refractivity contribution in [1.29, 1.82) is 0 Å². The second-order valence-corrected chi connectivity index (χ2v) is 8.23. The van der Waals surface area contributed by atoms with Crippen LogP contribution in [0.5, 0.6) is 0 Å². The van der Waals surface area contributed by atoms with E-state index >= 15 is 0 Å². The van der Waals surface area contributed by atoms with Gasteiger partial charge in [0.15, 0.2) is 0 Å². The maximum Gasteiger partial charge on any atom is 0.215 e. The van der Waals surface area contributed by atoms with E-state index in [1.807, 2.05) is 0 Å². The third kappa shape index (κ3) is 4.73. The van der Waals surface area contributed by atoms with Crippen LogP contribution in [0.2, 0.25) is 0 Å². The maximum atomic E-state index is 13.8. The van der Waals surface area contributed by atoms with Crippen molar-refractivity contribution in [3.8, 4) is 0 Å². The van der Waals surface area contributed by atoms with Gasteiger partial charge in [0, 0.05) is 31.2 Å². The minimum Gasteiger partial charge on any atom is -0.374 e. The predicted octanol–water partition coefficient (Wildman–Crippen LogP) is 1.42. The molecule has 3 rings (SSSR count). The van der Waals surface area contributed by atoms with Crippen LogP contribution in [0.15, 0.2) is 18.2 Å². The summed E-state index contributed by atoms with van der Waals surface area (Å²) in [5.41, 5.74) is 0.958. The molecule has 0 radical (unpaired) electrons. The Morgan fingerprint density at radius 1 is 1.39 bits per heavy atom. The fourth-order valence-corrected chi connectivity index (χ4v) is 4.07. The molecule has 0 bridgehead atoms. The molecule has 1 aromatic carbocycles. The Kier molecular flexibility index (Phi) is 5.01. The van der Waals surface area contributed by atoms with Gasteiger partial charge in [-0.05, 0) is 31.4 Å². The molecule has 1 saturated carbocycles. The van der Waals surface area contributed by atoms with Crippen LogP contribution in [0.1, 0.15) is 24.0 Å². The minimum atomic E-state index is -3.58. The average molecular weight is 342 g/mol. The Hall–Kier alpha value is -1.02. The van der Waals surface area contributed by atoms with Crippen LogP contribution < -0.4 is 4.72 Å². The number of ether oxygens (including phenoxy) is 1. The van der Waals surface area contributed by atoms with Crippen molar-refractivity contribution in [2.45, 2.75) is 37.7 Å². The molecule has 128 valence electrons. The number of rotatable bonds is 6. The second-order valence-electron chi connectivity index (χ2n) is 6.42. The summed E-state index contributed by atoms with van der Waals surface area (Å²) >= 11 is 0. The number of benzene rings is 1. The molecule has 1 saturated heterocycles. The molecule has 0 amide bonds. The first-order valence-electron chi connectivity index (χ1n) is 8.01. The minimum absolute atomic E-state index is 0.137. The summed E-state index contributed by atoms with van der Waals surface area (Å²) in [5.74, 6) is -0.831. The third-order valence-electron chi connectivity index (χ3n) is 4.32. The third-order valence-corrected chi connectivity index (χ3v) is 5.62. The highest BCUT2D eigenvalue weighted by Crippen LogP contribution is 2.28. The van der Waals surface area contributed by atoms with Crippen LogP contribution >= 0.6 is 0 Å². The van der Waals surface area contributed by atoms with Gasteiger partial charge in [-0.3, -0.25) is 4.90 Å². The molecule has 0 unspecified atom stereocenters. The average Bonchev–Trinajstić information content (AvgIpc) is 3.33. The highest BCUT2D eigenvalue weighted by atomic mass is 32.2. The van der Waals surface area contributed by atoms with Crippen LogP contribution in [0.3, 0.4) is 0 Å². The van der Waals surface area contributed by atoms with Crippen molar-refractivity contribution in [2.24, 2.45) is 0 Å². The topological polar surface area (TPSA) is 58.6 Å². The van der Waals surface area contributed by atoms with Crippen molar-refractivity contribution in [2.75, 3.05) is 26.2 Å². The molecule has 0 spiro atoms. The summed E-state index contributed by atoms with van der Waals surface area (Å²) in [7, 11) is -3.58. The van der Waals surface area contributed by atoms with Gasteiger partial charge in [0.05, 0.1) is 18.5 Å². The molecule has 1 aromatic rings. The summed E-state index contributed by atoms with van der Waals surface area (Å²) in [6.45, 7) is 4.31. The Morgan fingerprint density at radius 2 is 2.17 bits per heavy atom. The molecule has 1 heterocycles. The molecule has 1 aliphatic heterocycles. The van der Waals surface area contributed by atoms with Crippen LogP contribution in [0.25, 0.3) is 0 Å². The molecule has 2 fully saturated rings. The van der Waals surface area contributed by atoms with Crippen LogP contribution in [0.4, 0.5) is 4.39 Å². The van der Waals surface area contributed by atoms with Gasteiger partial charge in [-0.25, -0.2) is 17.5 Å². The van der Waals surface area contributed by atoms with Gasteiger partial charge in [-0.15, -0.1) is 0 Å². The van der Waals surface area contributed by atoms with Gasteiger partial charge in [0.1, 0.15) is 5.82 Å². The predicted molar refractivity (Wildman–Crippen MR) is 86.1 cm³/mol. The zero-order valence-electron chi connectivity index (χ0n) is 13.3. The first-order chi connectivity index (χ1) is 10.9. The van der Waals surface area contributed by atoms with Crippen LogP contribution in [-0.2, 0) is 20.5 Å². The molecule has 5 nitrogen and oxygen atoms in total. The summed E-state index contributed by atoms with van der Waals surface area (Å²) in [5, 5.41) is 0. The van der Waals surface area contributed by atoms with Gasteiger partial charge in [0.2, 0.25) is 10.0 Å². The molecule has 1 aliphatic carbocycles. The molecule has 7 heteroatoms. The lowest BCUT2D eigenvalue weighted by Gasteiger charge is -2.33. The molecular weight excluding hydrogens is 319 g/mol. The van der Waals surface area contributed by atoms with Crippen LogP contribution in [-0.4, -0.2) is 51.7 Å². The Bertz CT molecular complexity index is 661. The Labute approximate surface area is 136 Å². The number of halogens is 1. The van der Waals surface area contributed by atoms with Gasteiger partial charge in [-0.2, -0.15) is 0 Å². The number of nitrogens with zero attached hydrogens (tertiary/aromatic N) is 1. The zero-order chi connectivity index (χ0) is 16.4. The van der Waals surface area contributed by atoms with Crippen molar-refractivity contribution in [3.63, 3.8) is 0 Å². The highest BCUT2D eigenvalue weighted by molar-refractivity contribution is 7.88. The van der Waals surface area contributed by atoms with Gasteiger partial charge in [0.25, 0.3) is 0 Å². The fourth-order valence-electron chi connectivity index (χ4n) is 2.88. The van der Waals surface area contributed by atoms with E-state index in [0.717, 1.165) is 18.7 Å². The van der Waals surface area contributed by atoms with E-state index in [2.05, 4.69) is 9.62 Å². The van der Waals surface area contributed by atoms with Gasteiger partial charge >= 0.3 is 0 Å². The first-order valence-corrected chi connectivity index (χ1v) is 9.66. The van der Waals surface area contributed by atoms with Gasteiger partial charge in [-0.1, -0.05) is 12.1 Å². The lowest BCUT2D eigenvalue weighted by atomic mass is 10.2. The van der Waals surface area contributed by atoms with Crippen molar-refractivity contribution < 1.29 is 17.5 Å². The molecular formula is C16H23FN2O3S. The van der Waals surface area contributed by atoms with E-state index in [0.29, 0.717) is 12.6 Å². The second kappa shape index (κ2) is 6.84. The van der Waals surface area contributed by atoms with Crippen LogP contribution in [0, 0.1) is 12.7 Å². The molecule has 2 aliphatic rings. The van der Waals surface area contributed by atoms with E-state index < -0.39 is 15.8 Å². The number of hydrogen-bond donors (Lipinski definition) is 1. The van der Waals surface area contributed by atoms with E-state index in [4.69, 9.17) is 4.74 Å². The summed E-state index contributed by atoms with van der Waals surface area (Å²) in [4.78, 5) is 2.36. The standard InChI is InChI=1S/C16H23FN2O3S/c1-12-2-3-13(16(17)8-12)11-23(20,21)18-9-15-10-19(6-7-22-15)14-4-5-14/h2-3,8,14-15,18H,4-7,9-11H2,1H3/t15-/m0/s1. The zero-order valence-corrected chi connectivity index (χ0v) is 14.1. The number of hydrogen-bond acceptors (Lipinski definition) is 4. The smallest absolute Gasteiger partial charge is 0.215 e. The van der Waals surface area contributed by atoms with E-state index in [1.165, 1.54) is 25.0 Å². The lowest BCUT2D eigenvalue weighted by molar-refractivity contribution is -0.0277. The highest BCUT2D eigenvalue weighted by Gasteiger charge is 2.33. The largest absolute Gasteiger partial charge is 0.374 e. The molecule has 1 atom stereocenters. The van der Waals surface area contributed by atoms with Crippen molar-refractivity contribution in [3.05, 3.63) is 35.1 Å². The SMILES string of the molecule is Cc1ccc(CS(=O)(=O)NC[C@H]2CN(C3CC3)CCO2)c(F)c1. The Balaban J connectivity index is 1.53. The monoisotopic (exact) mass is 342 g/mol. The van der Waals surface area contributed by atoms with Gasteiger partial charge < -0.3 is 4.74 Å². The summed E-state index contributed by atoms with van der Waals surface area (Å²) in [6, 6.07) is 5.24. The quantitative estimate of drug-likeness (QED) is 0.849. The summed E-state index contributed by atoms with van der Waals surface area (Å²) in [6.07, 6.45) is 2.32. The number of sulfonamides is 1. The van der Waals surface area contributed by atoms with E-state index in [1.54, 1.807) is 13.0 Å². The van der Waals surface area contributed by atoms with E-state index in [9.17, 15) is 12.8 Å². The number of nitrogens with one attached hydrogen (secondary N) is 1. The normalized spacial score (nSPS) is 23.1. The summed E-state index contributed by atoms with van der Waals surface area (Å²) < 4.78 is 46.3. The molecule has 23 heavy (non-hydrogen) atoms. The van der Waals surface area contributed by atoms with E-state index in [-0.39, 0.29) is 24.0 Å². The van der Waals surface area contributed by atoms with Crippen molar-refractivity contribution >= 4 is 10.0 Å². The number of aryl methyl sites for hydroxylation is 1. The Morgan fingerprint density at radius 3 is 2.87 bits per heavy atom. The fraction of sp³-hybridized carbons (Fsp3) is 0.625. The first kappa shape index (κ1) is 16.8. The lowest BCUT2D eigenvalue weighted by Crippen LogP contribution is -2.48. The molecule has 0 aromatic heterocycles. The number of morpholine rings is 1. The maximum absolute atomic E-state index is 13.8. The van der Waals surface area contributed by atoms with Crippen molar-refractivity contribution in [1.82, 2.24) is 9.62 Å². The molecule has 1 N–H and O–H groups in total.